The van der Waals surface area contributed by atoms with Gasteiger partial charge in [-0.2, -0.15) is 0 Å². The molecule has 2 heterocycles. The topological polar surface area (TPSA) is 68.3 Å². The van der Waals surface area contributed by atoms with Gasteiger partial charge in [0.2, 0.25) is 0 Å². The van der Waals surface area contributed by atoms with Crippen LogP contribution >= 0.6 is 11.6 Å². The van der Waals surface area contributed by atoms with Crippen LogP contribution in [0.25, 0.3) is 11.3 Å². The summed E-state index contributed by atoms with van der Waals surface area (Å²) in [4.78, 5) is 12.2. The second kappa shape index (κ2) is 6.07. The first-order chi connectivity index (χ1) is 10.6. The van der Waals surface area contributed by atoms with E-state index in [0.29, 0.717) is 16.5 Å². The minimum Gasteiger partial charge on any atom is -0.467 e. The first-order valence-corrected chi connectivity index (χ1v) is 7.08. The van der Waals surface area contributed by atoms with Crippen molar-refractivity contribution in [1.29, 1.82) is 0 Å². The predicted octanol–water partition coefficient (Wildman–Crippen LogP) is 4.08. The minimum absolute atomic E-state index is 0.202. The van der Waals surface area contributed by atoms with E-state index in [1.165, 1.54) is 0 Å². The molecule has 1 amide bonds. The fraction of sp³-hybridized carbons (Fsp3) is 0.125. The Bertz CT molecular complexity index is 780. The first-order valence-electron chi connectivity index (χ1n) is 6.70. The third-order valence-electron chi connectivity index (χ3n) is 3.17. The molecular weight excluding hydrogens is 304 g/mol. The van der Waals surface area contributed by atoms with Crippen LogP contribution in [-0.4, -0.2) is 11.1 Å². The standard InChI is InChI=1S/C16H13ClN2O3/c1-10(14-6-3-7-21-14)18-16(20)13-9-15(22-19-13)11-4-2-5-12(17)8-11/h2-10H,1H3,(H,18,20)/t10-/m0/s1. The summed E-state index contributed by atoms with van der Waals surface area (Å²) < 4.78 is 10.5. The van der Waals surface area contributed by atoms with Gasteiger partial charge in [-0.15, -0.1) is 0 Å². The van der Waals surface area contributed by atoms with Gasteiger partial charge in [0.05, 0.1) is 12.3 Å². The van der Waals surface area contributed by atoms with E-state index >= 15 is 0 Å². The Hall–Kier alpha value is -2.53. The van der Waals surface area contributed by atoms with Gasteiger partial charge in [0.25, 0.3) is 5.91 Å². The van der Waals surface area contributed by atoms with Crippen molar-refractivity contribution in [1.82, 2.24) is 10.5 Å². The highest BCUT2D eigenvalue weighted by Crippen LogP contribution is 2.23. The monoisotopic (exact) mass is 316 g/mol. The van der Waals surface area contributed by atoms with Gasteiger partial charge in [0, 0.05) is 16.7 Å². The Balaban J connectivity index is 1.74. The number of rotatable bonds is 4. The second-order valence-corrected chi connectivity index (χ2v) is 5.23. The molecule has 1 aromatic carbocycles. The van der Waals surface area contributed by atoms with Crippen LogP contribution in [0.3, 0.4) is 0 Å². The Labute approximate surface area is 131 Å². The van der Waals surface area contributed by atoms with Crippen molar-refractivity contribution in [2.45, 2.75) is 13.0 Å². The van der Waals surface area contributed by atoms with E-state index in [1.807, 2.05) is 13.0 Å². The number of nitrogens with zero attached hydrogens (tertiary/aromatic N) is 1. The smallest absolute Gasteiger partial charge is 0.274 e. The van der Waals surface area contributed by atoms with Gasteiger partial charge in [0.15, 0.2) is 11.5 Å². The molecule has 5 nitrogen and oxygen atoms in total. The van der Waals surface area contributed by atoms with Crippen LogP contribution in [0.5, 0.6) is 0 Å². The fourth-order valence-electron chi connectivity index (χ4n) is 2.04. The van der Waals surface area contributed by atoms with E-state index in [2.05, 4.69) is 10.5 Å². The maximum absolute atomic E-state index is 12.2. The molecule has 0 saturated carbocycles. The third-order valence-corrected chi connectivity index (χ3v) is 3.40. The highest BCUT2D eigenvalue weighted by Gasteiger charge is 2.17. The molecule has 0 aliphatic heterocycles. The van der Waals surface area contributed by atoms with E-state index < -0.39 is 0 Å². The molecule has 0 fully saturated rings. The summed E-state index contributed by atoms with van der Waals surface area (Å²) in [6.45, 7) is 1.83. The number of carbonyl (C=O) groups is 1. The first kappa shape index (κ1) is 14.4. The van der Waals surface area contributed by atoms with E-state index in [0.717, 1.165) is 5.56 Å². The van der Waals surface area contributed by atoms with Gasteiger partial charge in [-0.25, -0.2) is 0 Å². The lowest BCUT2D eigenvalue weighted by Crippen LogP contribution is -2.26. The van der Waals surface area contributed by atoms with Crippen LogP contribution < -0.4 is 5.32 Å². The van der Waals surface area contributed by atoms with Gasteiger partial charge in [-0.05, 0) is 31.2 Å². The molecular formula is C16H13ClN2O3. The second-order valence-electron chi connectivity index (χ2n) is 4.80. The van der Waals surface area contributed by atoms with Crippen molar-refractivity contribution in [3.05, 3.63) is 65.2 Å². The lowest BCUT2D eigenvalue weighted by Gasteiger charge is -2.09. The number of amides is 1. The highest BCUT2D eigenvalue weighted by atomic mass is 35.5. The molecule has 3 rings (SSSR count). The van der Waals surface area contributed by atoms with Crippen molar-refractivity contribution in [2.24, 2.45) is 0 Å². The fourth-order valence-corrected chi connectivity index (χ4v) is 2.23. The van der Waals surface area contributed by atoms with Crippen LogP contribution in [0, 0.1) is 0 Å². The molecule has 0 saturated heterocycles. The number of halogens is 1. The van der Waals surface area contributed by atoms with Crippen molar-refractivity contribution < 1.29 is 13.7 Å². The zero-order chi connectivity index (χ0) is 15.5. The molecule has 1 atom stereocenters. The number of hydrogen-bond acceptors (Lipinski definition) is 4. The molecule has 3 aromatic rings. The lowest BCUT2D eigenvalue weighted by molar-refractivity contribution is 0.0926. The van der Waals surface area contributed by atoms with Crippen molar-refractivity contribution in [3.63, 3.8) is 0 Å². The molecule has 6 heteroatoms. The highest BCUT2D eigenvalue weighted by molar-refractivity contribution is 6.30. The van der Waals surface area contributed by atoms with Crippen molar-refractivity contribution in [3.8, 4) is 11.3 Å². The average Bonchev–Trinajstić information content (AvgIpc) is 3.19. The molecule has 2 aromatic heterocycles. The number of nitrogens with one attached hydrogen (secondary N) is 1. The Kier molecular flexibility index (Phi) is 3.98. The molecule has 0 radical (unpaired) electrons. The summed E-state index contributed by atoms with van der Waals surface area (Å²) in [5, 5.41) is 7.18. The number of hydrogen-bond donors (Lipinski definition) is 1. The van der Waals surface area contributed by atoms with E-state index in [9.17, 15) is 4.79 Å². The lowest BCUT2D eigenvalue weighted by atomic mass is 10.1. The zero-order valence-corrected chi connectivity index (χ0v) is 12.5. The average molecular weight is 317 g/mol. The summed E-state index contributed by atoms with van der Waals surface area (Å²) in [5.74, 6) is 0.825. The summed E-state index contributed by atoms with van der Waals surface area (Å²) in [6.07, 6.45) is 1.56. The molecule has 0 aliphatic carbocycles. The molecule has 112 valence electrons. The number of furan rings is 1. The summed E-state index contributed by atoms with van der Waals surface area (Å²) in [5.41, 5.74) is 0.964. The van der Waals surface area contributed by atoms with Crippen molar-refractivity contribution in [2.75, 3.05) is 0 Å². The number of benzene rings is 1. The van der Waals surface area contributed by atoms with Crippen LogP contribution in [0.2, 0.25) is 5.02 Å². The largest absolute Gasteiger partial charge is 0.467 e. The number of aromatic nitrogens is 1. The molecule has 22 heavy (non-hydrogen) atoms. The Morgan fingerprint density at radius 1 is 1.27 bits per heavy atom. The quantitative estimate of drug-likeness (QED) is 0.787. The predicted molar refractivity (Wildman–Crippen MR) is 81.5 cm³/mol. The summed E-state index contributed by atoms with van der Waals surface area (Å²) in [6, 6.07) is 12.0. The summed E-state index contributed by atoms with van der Waals surface area (Å²) in [7, 11) is 0. The van der Waals surface area contributed by atoms with Gasteiger partial charge in [-0.3, -0.25) is 4.79 Å². The molecule has 0 spiro atoms. The third kappa shape index (κ3) is 3.04. The normalized spacial score (nSPS) is 12.1. The Morgan fingerprint density at radius 3 is 2.86 bits per heavy atom. The van der Waals surface area contributed by atoms with E-state index in [-0.39, 0.29) is 17.6 Å². The maximum atomic E-state index is 12.2. The van der Waals surface area contributed by atoms with E-state index in [4.69, 9.17) is 20.5 Å². The van der Waals surface area contributed by atoms with Crippen LogP contribution in [0.15, 0.2) is 57.7 Å². The van der Waals surface area contributed by atoms with Gasteiger partial charge < -0.3 is 14.3 Å². The SMILES string of the molecule is C[C@H](NC(=O)c1cc(-c2cccc(Cl)c2)on1)c1ccco1. The molecule has 0 unspecified atom stereocenters. The summed E-state index contributed by atoms with van der Waals surface area (Å²) >= 11 is 5.94. The number of carbonyl (C=O) groups excluding carboxylic acids is 1. The zero-order valence-electron chi connectivity index (χ0n) is 11.7. The van der Waals surface area contributed by atoms with Crippen LogP contribution in [0.4, 0.5) is 0 Å². The minimum atomic E-state index is -0.332. The van der Waals surface area contributed by atoms with Crippen LogP contribution in [0.1, 0.15) is 29.2 Å². The molecule has 1 N–H and O–H groups in total. The van der Waals surface area contributed by atoms with Crippen molar-refractivity contribution >= 4 is 17.5 Å². The van der Waals surface area contributed by atoms with E-state index in [1.54, 1.807) is 42.7 Å². The van der Waals surface area contributed by atoms with Gasteiger partial charge in [0.1, 0.15) is 5.76 Å². The molecule has 0 bridgehead atoms. The van der Waals surface area contributed by atoms with Crippen LogP contribution in [-0.2, 0) is 0 Å². The Morgan fingerprint density at radius 2 is 2.14 bits per heavy atom. The molecule has 0 aliphatic rings. The van der Waals surface area contributed by atoms with Gasteiger partial charge >= 0.3 is 0 Å². The maximum Gasteiger partial charge on any atom is 0.274 e. The van der Waals surface area contributed by atoms with Gasteiger partial charge in [-0.1, -0.05) is 28.9 Å².